The summed E-state index contributed by atoms with van der Waals surface area (Å²) in [7, 11) is 0. The molecule has 184 valence electrons. The molecule has 3 N–H and O–H groups in total. The number of nitrogens with zero attached hydrogens (tertiary/aromatic N) is 2. The standard InChI is InChI=1S/C27H33N5O3/c1-20-14-24(31-30-20)16-29-27(34)22-10-11-23-18-32(17-21-8-4-2-5-9-21)19-26(33)28-12-6-3-7-13-35-25(23)15-22/h2,4-5,8-11,14-15H,3,6-7,12-13,16-19H2,1H3,(H,28,33)(H,29,34)(H,30,31). The zero-order valence-electron chi connectivity index (χ0n) is 20.2. The Morgan fingerprint density at radius 2 is 1.94 bits per heavy atom. The van der Waals surface area contributed by atoms with Crippen LogP contribution < -0.4 is 15.4 Å². The lowest BCUT2D eigenvalue weighted by atomic mass is 10.1. The number of hydrogen-bond donors (Lipinski definition) is 3. The number of aryl methyl sites for hydroxylation is 1. The molecule has 8 nitrogen and oxygen atoms in total. The third-order valence-corrected chi connectivity index (χ3v) is 5.93. The number of benzene rings is 2. The molecule has 0 unspecified atom stereocenters. The number of ether oxygens (including phenoxy) is 1. The van der Waals surface area contributed by atoms with E-state index in [1.165, 1.54) is 0 Å². The minimum absolute atomic E-state index is 0.0206. The number of carbonyl (C=O) groups is 2. The van der Waals surface area contributed by atoms with E-state index in [1.807, 2.05) is 43.3 Å². The number of hydrogen-bond acceptors (Lipinski definition) is 5. The fraction of sp³-hybridized carbons (Fsp3) is 0.370. The average molecular weight is 476 g/mol. The second-order valence-corrected chi connectivity index (χ2v) is 8.94. The van der Waals surface area contributed by atoms with Gasteiger partial charge in [0.1, 0.15) is 5.75 Å². The SMILES string of the molecule is Cc1cc(CNC(=O)c2ccc3c(c2)OCCCCCNC(=O)CN(Cc2ccccc2)C3)n[nH]1. The first-order valence-electron chi connectivity index (χ1n) is 12.1. The maximum Gasteiger partial charge on any atom is 0.251 e. The lowest BCUT2D eigenvalue weighted by Gasteiger charge is -2.23. The Balaban J connectivity index is 1.53. The Kier molecular flexibility index (Phi) is 8.51. The van der Waals surface area contributed by atoms with Crippen LogP contribution in [-0.4, -0.2) is 46.6 Å². The number of nitrogens with one attached hydrogen (secondary N) is 3. The molecule has 2 heterocycles. The van der Waals surface area contributed by atoms with Crippen molar-refractivity contribution in [3.63, 3.8) is 0 Å². The molecule has 0 fully saturated rings. The summed E-state index contributed by atoms with van der Waals surface area (Å²) >= 11 is 0. The molecule has 0 spiro atoms. The number of amides is 2. The van der Waals surface area contributed by atoms with Crippen molar-refractivity contribution < 1.29 is 14.3 Å². The van der Waals surface area contributed by atoms with Crippen LogP contribution in [0.3, 0.4) is 0 Å². The van der Waals surface area contributed by atoms with E-state index in [4.69, 9.17) is 4.74 Å². The summed E-state index contributed by atoms with van der Waals surface area (Å²) in [5.41, 5.74) is 4.35. The van der Waals surface area contributed by atoms with E-state index in [-0.39, 0.29) is 11.8 Å². The Morgan fingerprint density at radius 1 is 1.09 bits per heavy atom. The zero-order valence-corrected chi connectivity index (χ0v) is 20.2. The van der Waals surface area contributed by atoms with E-state index in [1.54, 1.807) is 6.07 Å². The van der Waals surface area contributed by atoms with Gasteiger partial charge in [-0.2, -0.15) is 5.10 Å². The highest BCUT2D eigenvalue weighted by molar-refractivity contribution is 5.94. The number of aromatic amines is 1. The first kappa shape index (κ1) is 24.5. The van der Waals surface area contributed by atoms with Gasteiger partial charge in [-0.05, 0) is 49.9 Å². The molecule has 35 heavy (non-hydrogen) atoms. The van der Waals surface area contributed by atoms with Gasteiger partial charge in [-0.25, -0.2) is 0 Å². The van der Waals surface area contributed by atoms with Crippen molar-refractivity contribution in [2.24, 2.45) is 0 Å². The summed E-state index contributed by atoms with van der Waals surface area (Å²) in [6.07, 6.45) is 2.76. The number of aromatic nitrogens is 2. The molecule has 4 rings (SSSR count). The highest BCUT2D eigenvalue weighted by Gasteiger charge is 2.17. The van der Waals surface area contributed by atoms with Crippen molar-refractivity contribution in [3.05, 3.63) is 82.7 Å². The lowest BCUT2D eigenvalue weighted by Crippen LogP contribution is -2.37. The van der Waals surface area contributed by atoms with Crippen molar-refractivity contribution in [1.29, 1.82) is 0 Å². The molecule has 0 radical (unpaired) electrons. The molecule has 2 aromatic carbocycles. The summed E-state index contributed by atoms with van der Waals surface area (Å²) in [4.78, 5) is 27.5. The minimum Gasteiger partial charge on any atom is -0.493 e. The first-order chi connectivity index (χ1) is 17.1. The van der Waals surface area contributed by atoms with Crippen LogP contribution in [0.5, 0.6) is 5.75 Å². The van der Waals surface area contributed by atoms with Crippen molar-refractivity contribution in [3.8, 4) is 5.75 Å². The van der Waals surface area contributed by atoms with Gasteiger partial charge in [0.2, 0.25) is 5.91 Å². The van der Waals surface area contributed by atoms with Crippen LogP contribution in [-0.2, 0) is 24.4 Å². The second kappa shape index (κ2) is 12.2. The molecule has 0 saturated heterocycles. The maximum absolute atomic E-state index is 12.8. The molecule has 0 bridgehead atoms. The van der Waals surface area contributed by atoms with E-state index in [9.17, 15) is 9.59 Å². The van der Waals surface area contributed by atoms with Crippen LogP contribution in [0, 0.1) is 6.92 Å². The minimum atomic E-state index is -0.180. The van der Waals surface area contributed by atoms with Gasteiger partial charge in [0, 0.05) is 36.5 Å². The Bertz CT molecular complexity index is 1130. The highest BCUT2D eigenvalue weighted by Crippen LogP contribution is 2.24. The largest absolute Gasteiger partial charge is 0.493 e. The smallest absolute Gasteiger partial charge is 0.251 e. The molecular weight excluding hydrogens is 442 g/mol. The molecule has 0 saturated carbocycles. The van der Waals surface area contributed by atoms with Crippen molar-refractivity contribution in [2.45, 2.75) is 45.8 Å². The highest BCUT2D eigenvalue weighted by atomic mass is 16.5. The summed E-state index contributed by atoms with van der Waals surface area (Å²) in [5.74, 6) is 0.527. The number of carbonyl (C=O) groups excluding carboxylic acids is 2. The van der Waals surface area contributed by atoms with Crippen LogP contribution in [0.1, 0.15) is 52.1 Å². The normalized spacial score (nSPS) is 15.5. The third-order valence-electron chi connectivity index (χ3n) is 5.93. The molecule has 0 aliphatic carbocycles. The molecule has 2 amide bonds. The van der Waals surface area contributed by atoms with Gasteiger partial charge in [0.15, 0.2) is 0 Å². The van der Waals surface area contributed by atoms with Gasteiger partial charge in [0.25, 0.3) is 5.91 Å². The van der Waals surface area contributed by atoms with Crippen LogP contribution in [0.4, 0.5) is 0 Å². The summed E-state index contributed by atoms with van der Waals surface area (Å²) in [5, 5.41) is 13.0. The van der Waals surface area contributed by atoms with Crippen molar-refractivity contribution in [1.82, 2.24) is 25.7 Å². The van der Waals surface area contributed by atoms with Crippen LogP contribution in [0.2, 0.25) is 0 Å². The molecule has 1 aromatic heterocycles. The van der Waals surface area contributed by atoms with E-state index >= 15 is 0 Å². The summed E-state index contributed by atoms with van der Waals surface area (Å²) < 4.78 is 6.15. The summed E-state index contributed by atoms with van der Waals surface area (Å²) in [6, 6.07) is 17.6. The Morgan fingerprint density at radius 3 is 2.74 bits per heavy atom. The monoisotopic (exact) mass is 475 g/mol. The number of H-pyrrole nitrogens is 1. The molecule has 8 heteroatoms. The Hall–Kier alpha value is -3.65. The maximum atomic E-state index is 12.8. The van der Waals surface area contributed by atoms with E-state index in [2.05, 4.69) is 37.9 Å². The van der Waals surface area contributed by atoms with Crippen LogP contribution >= 0.6 is 0 Å². The fourth-order valence-corrected chi connectivity index (χ4v) is 4.12. The van der Waals surface area contributed by atoms with Crippen molar-refractivity contribution >= 4 is 11.8 Å². The molecule has 1 aliphatic heterocycles. The summed E-state index contributed by atoms with van der Waals surface area (Å²) in [6.45, 7) is 4.97. The predicted molar refractivity (Wildman–Crippen MR) is 134 cm³/mol. The number of rotatable bonds is 5. The average Bonchev–Trinajstić information content (AvgIpc) is 3.28. The van der Waals surface area contributed by atoms with Crippen molar-refractivity contribution in [2.75, 3.05) is 19.7 Å². The number of fused-ring (bicyclic) bond motifs is 1. The van der Waals surface area contributed by atoms with E-state index in [0.29, 0.717) is 50.6 Å². The third kappa shape index (κ3) is 7.42. The lowest BCUT2D eigenvalue weighted by molar-refractivity contribution is -0.122. The van der Waals surface area contributed by atoms with Gasteiger partial charge in [-0.3, -0.25) is 19.6 Å². The second-order valence-electron chi connectivity index (χ2n) is 8.94. The fourth-order valence-electron chi connectivity index (χ4n) is 4.12. The van der Waals surface area contributed by atoms with Gasteiger partial charge in [-0.15, -0.1) is 0 Å². The first-order valence-corrected chi connectivity index (χ1v) is 12.1. The van der Waals surface area contributed by atoms with Crippen LogP contribution in [0.15, 0.2) is 54.6 Å². The molecule has 0 atom stereocenters. The zero-order chi connectivity index (χ0) is 24.5. The van der Waals surface area contributed by atoms with Gasteiger partial charge in [-0.1, -0.05) is 36.4 Å². The quantitative estimate of drug-likeness (QED) is 0.526. The van der Waals surface area contributed by atoms with Gasteiger partial charge < -0.3 is 15.4 Å². The molecule has 1 aliphatic rings. The topological polar surface area (TPSA) is 99.3 Å². The van der Waals surface area contributed by atoms with E-state index in [0.717, 1.165) is 41.8 Å². The van der Waals surface area contributed by atoms with Crippen LogP contribution in [0.25, 0.3) is 0 Å². The Labute approximate surface area is 206 Å². The molecule has 3 aromatic rings. The van der Waals surface area contributed by atoms with E-state index < -0.39 is 0 Å². The predicted octanol–water partition coefficient (Wildman–Crippen LogP) is 3.33. The molecular formula is C27H33N5O3. The van der Waals surface area contributed by atoms with Gasteiger partial charge >= 0.3 is 0 Å². The van der Waals surface area contributed by atoms with Gasteiger partial charge in [0.05, 0.1) is 25.4 Å².